The number of rotatable bonds is 5. The summed E-state index contributed by atoms with van der Waals surface area (Å²) in [4.78, 5) is 44.5. The van der Waals surface area contributed by atoms with E-state index >= 15 is 0 Å². The van der Waals surface area contributed by atoms with E-state index in [-0.39, 0.29) is 24.1 Å². The molecule has 3 saturated heterocycles. The average molecular weight is 405 g/mol. The third-order valence-corrected chi connectivity index (χ3v) is 7.46. The SMILES string of the molecule is NC(=O)C1(N2CCCCC2)CCN([C@H]2CC(=O)N(Cc3cccs3)C2=O)CC1. The summed E-state index contributed by atoms with van der Waals surface area (Å²) in [7, 11) is 0. The van der Waals surface area contributed by atoms with E-state index in [1.54, 1.807) is 11.3 Å². The molecular weight excluding hydrogens is 376 g/mol. The van der Waals surface area contributed by atoms with Crippen molar-refractivity contribution in [3.8, 4) is 0 Å². The molecule has 0 spiro atoms. The number of primary amides is 1. The standard InChI is InChI=1S/C20H28N4O3S/c21-19(27)20(23-8-2-1-3-9-23)6-10-22(11-7-20)16-13-17(25)24(18(16)26)14-15-5-4-12-28-15/h4-5,12,16H,1-3,6-11,13-14H2,(H2,21,27)/t16-/m0/s1. The minimum atomic E-state index is -0.598. The smallest absolute Gasteiger partial charge is 0.247 e. The van der Waals surface area contributed by atoms with Crippen molar-refractivity contribution in [2.24, 2.45) is 5.73 Å². The number of likely N-dealkylation sites (tertiary alicyclic amines) is 3. The molecule has 0 aromatic carbocycles. The van der Waals surface area contributed by atoms with Crippen LogP contribution < -0.4 is 5.73 Å². The highest BCUT2D eigenvalue weighted by Crippen LogP contribution is 2.34. The van der Waals surface area contributed by atoms with Gasteiger partial charge in [0.25, 0.3) is 0 Å². The Morgan fingerprint density at radius 1 is 1.14 bits per heavy atom. The molecule has 3 fully saturated rings. The Labute approximate surface area is 169 Å². The highest BCUT2D eigenvalue weighted by molar-refractivity contribution is 7.09. The van der Waals surface area contributed by atoms with Crippen LogP contribution in [0.4, 0.5) is 0 Å². The predicted octanol–water partition coefficient (Wildman–Crippen LogP) is 1.18. The van der Waals surface area contributed by atoms with Crippen LogP contribution in [0, 0.1) is 0 Å². The molecule has 3 aliphatic heterocycles. The van der Waals surface area contributed by atoms with Crippen molar-refractivity contribution < 1.29 is 14.4 Å². The minimum absolute atomic E-state index is 0.105. The predicted molar refractivity (Wildman–Crippen MR) is 106 cm³/mol. The van der Waals surface area contributed by atoms with Gasteiger partial charge in [0, 0.05) is 18.0 Å². The van der Waals surface area contributed by atoms with Gasteiger partial charge in [0.15, 0.2) is 0 Å². The third kappa shape index (κ3) is 3.49. The van der Waals surface area contributed by atoms with Gasteiger partial charge in [0.2, 0.25) is 17.7 Å². The molecule has 0 unspecified atom stereocenters. The summed E-state index contributed by atoms with van der Waals surface area (Å²) in [6.07, 6.45) is 4.91. The number of carbonyl (C=O) groups excluding carboxylic acids is 3. The summed E-state index contributed by atoms with van der Waals surface area (Å²) in [5.74, 6) is -0.462. The second-order valence-corrected chi connectivity index (χ2v) is 9.13. The summed E-state index contributed by atoms with van der Waals surface area (Å²) in [5.41, 5.74) is 5.25. The van der Waals surface area contributed by atoms with Gasteiger partial charge in [-0.3, -0.25) is 29.1 Å². The fourth-order valence-corrected chi connectivity index (χ4v) is 5.61. The van der Waals surface area contributed by atoms with E-state index in [0.29, 0.717) is 32.5 Å². The number of amides is 3. The van der Waals surface area contributed by atoms with E-state index < -0.39 is 11.6 Å². The van der Waals surface area contributed by atoms with Crippen molar-refractivity contribution in [2.75, 3.05) is 26.2 Å². The molecule has 1 atom stereocenters. The molecule has 4 heterocycles. The van der Waals surface area contributed by atoms with Gasteiger partial charge in [-0.15, -0.1) is 11.3 Å². The molecule has 0 bridgehead atoms. The maximum atomic E-state index is 12.9. The van der Waals surface area contributed by atoms with Gasteiger partial charge in [-0.1, -0.05) is 12.5 Å². The monoisotopic (exact) mass is 404 g/mol. The average Bonchev–Trinajstić information content (AvgIpc) is 3.32. The highest BCUT2D eigenvalue weighted by atomic mass is 32.1. The molecule has 1 aromatic heterocycles. The van der Waals surface area contributed by atoms with Crippen molar-refractivity contribution >= 4 is 29.1 Å². The number of carbonyl (C=O) groups is 3. The molecule has 0 saturated carbocycles. The van der Waals surface area contributed by atoms with Gasteiger partial charge in [-0.05, 0) is 50.2 Å². The lowest BCUT2D eigenvalue weighted by Crippen LogP contribution is -2.64. The summed E-state index contributed by atoms with van der Waals surface area (Å²) < 4.78 is 0. The van der Waals surface area contributed by atoms with Crippen LogP contribution in [0.15, 0.2) is 17.5 Å². The van der Waals surface area contributed by atoms with Crippen LogP contribution in [-0.4, -0.2) is 70.2 Å². The van der Waals surface area contributed by atoms with E-state index in [1.807, 2.05) is 17.5 Å². The van der Waals surface area contributed by atoms with Gasteiger partial charge < -0.3 is 5.73 Å². The van der Waals surface area contributed by atoms with Gasteiger partial charge in [0.05, 0.1) is 19.0 Å². The third-order valence-electron chi connectivity index (χ3n) is 6.60. The molecule has 0 radical (unpaired) electrons. The quantitative estimate of drug-likeness (QED) is 0.745. The van der Waals surface area contributed by atoms with Crippen molar-refractivity contribution in [3.05, 3.63) is 22.4 Å². The number of imide groups is 1. The maximum absolute atomic E-state index is 12.9. The van der Waals surface area contributed by atoms with Crippen LogP contribution in [0.5, 0.6) is 0 Å². The maximum Gasteiger partial charge on any atom is 0.247 e. The van der Waals surface area contributed by atoms with E-state index in [1.165, 1.54) is 11.3 Å². The Morgan fingerprint density at radius 2 is 1.86 bits per heavy atom. The van der Waals surface area contributed by atoms with Gasteiger partial charge in [-0.25, -0.2) is 0 Å². The van der Waals surface area contributed by atoms with Crippen molar-refractivity contribution in [1.82, 2.24) is 14.7 Å². The summed E-state index contributed by atoms with van der Waals surface area (Å²) in [6, 6.07) is 3.47. The molecular formula is C20H28N4O3S. The lowest BCUT2D eigenvalue weighted by atomic mass is 9.83. The van der Waals surface area contributed by atoms with Crippen LogP contribution in [-0.2, 0) is 20.9 Å². The molecule has 152 valence electrons. The molecule has 4 rings (SSSR count). The molecule has 3 amide bonds. The second-order valence-electron chi connectivity index (χ2n) is 8.10. The first-order valence-corrected chi connectivity index (χ1v) is 11.0. The fraction of sp³-hybridized carbons (Fsp3) is 0.650. The zero-order valence-corrected chi connectivity index (χ0v) is 17.0. The highest BCUT2D eigenvalue weighted by Gasteiger charge is 2.49. The molecule has 1 aromatic rings. The van der Waals surface area contributed by atoms with Crippen molar-refractivity contribution in [2.45, 2.75) is 56.7 Å². The Balaban J connectivity index is 1.42. The van der Waals surface area contributed by atoms with Crippen LogP contribution >= 0.6 is 11.3 Å². The van der Waals surface area contributed by atoms with Crippen molar-refractivity contribution in [1.29, 1.82) is 0 Å². The number of piperidine rings is 2. The fourth-order valence-electron chi connectivity index (χ4n) is 4.92. The Hall–Kier alpha value is -1.77. The first-order valence-electron chi connectivity index (χ1n) is 10.2. The molecule has 8 heteroatoms. The minimum Gasteiger partial charge on any atom is -0.368 e. The summed E-state index contributed by atoms with van der Waals surface area (Å²) >= 11 is 1.55. The molecule has 0 aliphatic carbocycles. The Kier molecular flexibility index (Phi) is 5.53. The molecule has 7 nitrogen and oxygen atoms in total. The first kappa shape index (κ1) is 19.5. The summed E-state index contributed by atoms with van der Waals surface area (Å²) in [5, 5.41) is 1.95. The van der Waals surface area contributed by atoms with Crippen LogP contribution in [0.2, 0.25) is 0 Å². The Morgan fingerprint density at radius 3 is 2.46 bits per heavy atom. The number of hydrogen-bond donors (Lipinski definition) is 1. The van der Waals surface area contributed by atoms with E-state index in [4.69, 9.17) is 5.73 Å². The zero-order valence-electron chi connectivity index (χ0n) is 16.1. The number of nitrogens with zero attached hydrogens (tertiary/aromatic N) is 3. The van der Waals surface area contributed by atoms with Gasteiger partial charge >= 0.3 is 0 Å². The van der Waals surface area contributed by atoms with Crippen molar-refractivity contribution in [3.63, 3.8) is 0 Å². The van der Waals surface area contributed by atoms with Gasteiger partial charge in [0.1, 0.15) is 5.54 Å². The second kappa shape index (κ2) is 7.93. The lowest BCUT2D eigenvalue weighted by molar-refractivity contribution is -0.141. The topological polar surface area (TPSA) is 87.0 Å². The molecule has 2 N–H and O–H groups in total. The molecule has 3 aliphatic rings. The number of hydrogen-bond acceptors (Lipinski definition) is 6. The molecule has 28 heavy (non-hydrogen) atoms. The Bertz CT molecular complexity index is 737. The zero-order chi connectivity index (χ0) is 19.7. The van der Waals surface area contributed by atoms with E-state index in [9.17, 15) is 14.4 Å². The first-order chi connectivity index (χ1) is 13.5. The largest absolute Gasteiger partial charge is 0.368 e. The van der Waals surface area contributed by atoms with Crippen LogP contribution in [0.3, 0.4) is 0 Å². The lowest BCUT2D eigenvalue weighted by Gasteiger charge is -2.48. The number of nitrogens with two attached hydrogens (primary N) is 1. The van der Waals surface area contributed by atoms with E-state index in [2.05, 4.69) is 9.80 Å². The summed E-state index contributed by atoms with van der Waals surface area (Å²) in [6.45, 7) is 3.43. The van der Waals surface area contributed by atoms with E-state index in [0.717, 1.165) is 30.8 Å². The normalized spacial score (nSPS) is 26.7. The van der Waals surface area contributed by atoms with Gasteiger partial charge in [-0.2, -0.15) is 0 Å². The number of thiophene rings is 1. The van der Waals surface area contributed by atoms with Crippen LogP contribution in [0.25, 0.3) is 0 Å². The van der Waals surface area contributed by atoms with Crippen LogP contribution in [0.1, 0.15) is 43.4 Å².